The molecule has 0 radical (unpaired) electrons. The first-order valence-electron chi connectivity index (χ1n) is 13.1. The van der Waals surface area contributed by atoms with Gasteiger partial charge in [0.2, 0.25) is 22.9 Å². The zero-order valence-corrected chi connectivity index (χ0v) is 22.4. The molecule has 39 heavy (non-hydrogen) atoms. The fourth-order valence-electron chi connectivity index (χ4n) is 4.99. The summed E-state index contributed by atoms with van der Waals surface area (Å²) in [6.45, 7) is 3.24. The number of carbonyl (C=O) groups is 4. The Hall–Kier alpha value is -4.12. The van der Waals surface area contributed by atoms with Crippen molar-refractivity contribution >= 4 is 51.5 Å². The van der Waals surface area contributed by atoms with Crippen LogP contribution in [0.5, 0.6) is 0 Å². The van der Waals surface area contributed by atoms with Gasteiger partial charge in [0.15, 0.2) is 0 Å². The first-order chi connectivity index (χ1) is 18.9. The van der Waals surface area contributed by atoms with Crippen LogP contribution in [0.15, 0.2) is 54.6 Å². The minimum absolute atomic E-state index is 0.0365. The van der Waals surface area contributed by atoms with Crippen molar-refractivity contribution in [2.45, 2.75) is 32.6 Å². The Morgan fingerprint density at radius 1 is 0.949 bits per heavy atom. The van der Waals surface area contributed by atoms with Gasteiger partial charge in [0.25, 0.3) is 5.91 Å². The lowest BCUT2D eigenvalue weighted by Gasteiger charge is -2.33. The Bertz CT molecular complexity index is 1370. The molecule has 0 spiro atoms. The summed E-state index contributed by atoms with van der Waals surface area (Å²) in [5.74, 6) is -1.31. The molecule has 1 aromatic heterocycles. The van der Waals surface area contributed by atoms with Crippen molar-refractivity contribution in [3.63, 3.8) is 0 Å². The molecule has 202 valence electrons. The van der Waals surface area contributed by atoms with E-state index in [1.54, 1.807) is 34.1 Å². The van der Waals surface area contributed by atoms with Crippen molar-refractivity contribution in [3.8, 4) is 0 Å². The van der Waals surface area contributed by atoms with Crippen LogP contribution >= 0.6 is 11.3 Å². The van der Waals surface area contributed by atoms with Crippen LogP contribution in [0.4, 0.5) is 16.5 Å². The zero-order chi connectivity index (χ0) is 27.4. The van der Waals surface area contributed by atoms with Gasteiger partial charge in [-0.3, -0.25) is 24.5 Å². The Morgan fingerprint density at radius 2 is 1.67 bits per heavy atom. The number of benzene rings is 2. The highest BCUT2D eigenvalue weighted by atomic mass is 32.1. The smallest absolute Gasteiger partial charge is 0.259 e. The molecule has 2 aliphatic heterocycles. The normalized spacial score (nSPS) is 17.8. The number of aryl methyl sites for hydroxylation is 1. The van der Waals surface area contributed by atoms with Crippen LogP contribution in [0, 0.1) is 11.8 Å². The second-order valence-corrected chi connectivity index (χ2v) is 10.7. The minimum atomic E-state index is -0.380. The summed E-state index contributed by atoms with van der Waals surface area (Å²) in [5.41, 5.74) is 1.56. The van der Waals surface area contributed by atoms with Crippen LogP contribution < -0.4 is 15.5 Å². The molecule has 1 unspecified atom stereocenters. The molecule has 2 N–H and O–H groups in total. The predicted octanol–water partition coefficient (Wildman–Crippen LogP) is 3.58. The summed E-state index contributed by atoms with van der Waals surface area (Å²) in [6, 6.07) is 16.2. The summed E-state index contributed by atoms with van der Waals surface area (Å²) in [6.07, 6.45) is 1.96. The number of carbonyl (C=O) groups excluding carboxylic acids is 4. The molecule has 1 atom stereocenters. The maximum absolute atomic E-state index is 13.2. The maximum atomic E-state index is 13.2. The highest BCUT2D eigenvalue weighted by Crippen LogP contribution is 2.28. The van der Waals surface area contributed by atoms with Crippen molar-refractivity contribution < 1.29 is 19.2 Å². The molecule has 11 heteroatoms. The first-order valence-corrected chi connectivity index (χ1v) is 13.9. The van der Waals surface area contributed by atoms with Gasteiger partial charge < -0.3 is 15.1 Å². The fraction of sp³-hybridized carbons (Fsp3) is 0.357. The minimum Gasteiger partial charge on any atom is -0.342 e. The van der Waals surface area contributed by atoms with E-state index in [4.69, 9.17) is 0 Å². The standard InChI is InChI=1S/C28H30N6O4S/c1-2-23-31-32-28(39-23)30-26(37)21-10-6-7-11-22(21)29-25(36)18-12-14-33(15-13-18)27(38)19-16-24(35)34(17-19)20-8-4-3-5-9-20/h3-11,18-19H,2,12-17H2,1H3,(H,29,36)(H,30,32,37). The zero-order valence-electron chi connectivity index (χ0n) is 21.6. The molecule has 0 saturated carbocycles. The third-order valence-corrected chi connectivity index (χ3v) is 8.12. The van der Waals surface area contributed by atoms with Gasteiger partial charge in [0.05, 0.1) is 17.2 Å². The maximum Gasteiger partial charge on any atom is 0.259 e. The van der Waals surface area contributed by atoms with Gasteiger partial charge in [-0.2, -0.15) is 0 Å². The summed E-state index contributed by atoms with van der Waals surface area (Å²) < 4.78 is 0. The number of amides is 4. The van der Waals surface area contributed by atoms with E-state index in [0.29, 0.717) is 48.9 Å². The Morgan fingerprint density at radius 3 is 2.38 bits per heavy atom. The molecule has 3 heterocycles. The third-order valence-electron chi connectivity index (χ3n) is 7.14. The number of rotatable bonds is 7. The van der Waals surface area contributed by atoms with Gasteiger partial charge in [-0.25, -0.2) is 0 Å². The highest BCUT2D eigenvalue weighted by molar-refractivity contribution is 7.15. The molecular weight excluding hydrogens is 516 g/mol. The van der Waals surface area contributed by atoms with Gasteiger partial charge in [-0.15, -0.1) is 10.2 Å². The van der Waals surface area contributed by atoms with Crippen LogP contribution in [0.3, 0.4) is 0 Å². The number of piperidine rings is 1. The van der Waals surface area contributed by atoms with E-state index in [-0.39, 0.29) is 41.9 Å². The molecule has 5 rings (SSSR count). The molecular formula is C28H30N6O4S. The van der Waals surface area contributed by atoms with Crippen molar-refractivity contribution in [2.24, 2.45) is 11.8 Å². The van der Waals surface area contributed by atoms with E-state index in [1.807, 2.05) is 37.3 Å². The van der Waals surface area contributed by atoms with Crippen LogP contribution in [0.25, 0.3) is 0 Å². The molecule has 2 fully saturated rings. The van der Waals surface area contributed by atoms with Crippen molar-refractivity contribution in [1.82, 2.24) is 15.1 Å². The third kappa shape index (κ3) is 5.98. The number of anilines is 3. The topological polar surface area (TPSA) is 125 Å². The predicted molar refractivity (Wildman–Crippen MR) is 149 cm³/mol. The van der Waals surface area contributed by atoms with Gasteiger partial charge in [-0.05, 0) is 43.5 Å². The van der Waals surface area contributed by atoms with Gasteiger partial charge in [0, 0.05) is 37.7 Å². The lowest BCUT2D eigenvalue weighted by Crippen LogP contribution is -2.44. The van der Waals surface area contributed by atoms with Gasteiger partial charge >= 0.3 is 0 Å². The SMILES string of the molecule is CCc1nnc(NC(=O)c2ccccc2NC(=O)C2CCN(C(=O)C3CC(=O)N(c4ccccc4)C3)CC2)s1. The van der Waals surface area contributed by atoms with Crippen LogP contribution in [0.2, 0.25) is 0 Å². The molecule has 0 aliphatic carbocycles. The van der Waals surface area contributed by atoms with E-state index in [0.717, 1.165) is 17.1 Å². The summed E-state index contributed by atoms with van der Waals surface area (Å²) >= 11 is 1.31. The van der Waals surface area contributed by atoms with Crippen LogP contribution in [-0.2, 0) is 20.8 Å². The average Bonchev–Trinajstić information content (AvgIpc) is 3.59. The lowest BCUT2D eigenvalue weighted by molar-refractivity contribution is -0.138. The Labute approximate surface area is 230 Å². The lowest BCUT2D eigenvalue weighted by atomic mass is 9.94. The summed E-state index contributed by atoms with van der Waals surface area (Å²) in [4.78, 5) is 55.1. The number of para-hydroxylation sites is 2. The molecule has 4 amide bonds. The number of likely N-dealkylation sites (tertiary alicyclic amines) is 1. The highest BCUT2D eigenvalue weighted by Gasteiger charge is 2.38. The number of nitrogens with one attached hydrogen (secondary N) is 2. The van der Waals surface area contributed by atoms with Crippen molar-refractivity contribution in [2.75, 3.05) is 35.2 Å². The Balaban J connectivity index is 1.15. The summed E-state index contributed by atoms with van der Waals surface area (Å²) in [5, 5.41) is 14.9. The van der Waals surface area contributed by atoms with E-state index in [9.17, 15) is 19.2 Å². The van der Waals surface area contributed by atoms with E-state index < -0.39 is 0 Å². The monoisotopic (exact) mass is 546 g/mol. The number of nitrogens with zero attached hydrogens (tertiary/aromatic N) is 4. The Kier molecular flexibility index (Phi) is 7.97. The molecule has 0 bridgehead atoms. The van der Waals surface area contributed by atoms with E-state index in [1.165, 1.54) is 11.3 Å². The molecule has 3 aromatic rings. The van der Waals surface area contributed by atoms with Gasteiger partial charge in [0.1, 0.15) is 5.01 Å². The summed E-state index contributed by atoms with van der Waals surface area (Å²) in [7, 11) is 0. The largest absolute Gasteiger partial charge is 0.342 e. The molecule has 2 saturated heterocycles. The first kappa shape index (κ1) is 26.5. The van der Waals surface area contributed by atoms with Crippen molar-refractivity contribution in [1.29, 1.82) is 0 Å². The van der Waals surface area contributed by atoms with Gasteiger partial charge in [-0.1, -0.05) is 48.6 Å². The average molecular weight is 547 g/mol. The number of hydrogen-bond donors (Lipinski definition) is 2. The van der Waals surface area contributed by atoms with E-state index >= 15 is 0 Å². The van der Waals surface area contributed by atoms with E-state index in [2.05, 4.69) is 20.8 Å². The fourth-order valence-corrected chi connectivity index (χ4v) is 5.66. The second-order valence-electron chi connectivity index (χ2n) is 9.68. The quantitative estimate of drug-likeness (QED) is 0.467. The number of hydrogen-bond acceptors (Lipinski definition) is 7. The number of aromatic nitrogens is 2. The van der Waals surface area contributed by atoms with Crippen molar-refractivity contribution in [3.05, 3.63) is 65.2 Å². The van der Waals surface area contributed by atoms with Crippen LogP contribution in [-0.4, -0.2) is 58.4 Å². The van der Waals surface area contributed by atoms with Crippen LogP contribution in [0.1, 0.15) is 41.6 Å². The molecule has 2 aromatic carbocycles. The molecule has 2 aliphatic rings. The second kappa shape index (κ2) is 11.7. The molecule has 10 nitrogen and oxygen atoms in total.